The fraction of sp³-hybridized carbons (Fsp3) is 0.833. The minimum atomic E-state index is 0.434. The largest absolute Gasteiger partial charge is 0.175 e. The van der Waals surface area contributed by atoms with Crippen molar-refractivity contribution in [2.45, 2.75) is 52.7 Å². The lowest BCUT2D eigenvalue weighted by molar-refractivity contribution is 0.592. The van der Waals surface area contributed by atoms with Crippen molar-refractivity contribution in [3.05, 3.63) is 0 Å². The van der Waals surface area contributed by atoms with E-state index in [1.807, 2.05) is 27.7 Å². The third kappa shape index (κ3) is 6.05. The van der Waals surface area contributed by atoms with Crippen molar-refractivity contribution in [3.8, 4) is 12.3 Å². The van der Waals surface area contributed by atoms with Crippen molar-refractivity contribution in [1.82, 2.24) is 0 Å². The van der Waals surface area contributed by atoms with E-state index in [4.69, 9.17) is 6.42 Å². The zero-order valence-corrected chi connectivity index (χ0v) is 10.6. The first-order chi connectivity index (χ1) is 6.24. The molecule has 0 aromatic heterocycles. The number of thiol groups is 1. The molecule has 1 fully saturated rings. The SMILES string of the molecule is C#CC1CC(C)CC1S.CC.CC. The van der Waals surface area contributed by atoms with Gasteiger partial charge in [0.15, 0.2) is 0 Å². The summed E-state index contributed by atoms with van der Waals surface area (Å²) in [6, 6.07) is 0. The van der Waals surface area contributed by atoms with Crippen LogP contribution >= 0.6 is 12.6 Å². The van der Waals surface area contributed by atoms with Crippen LogP contribution in [0, 0.1) is 24.2 Å². The Balaban J connectivity index is 0. The maximum absolute atomic E-state index is 5.29. The molecular weight excluding hydrogens is 176 g/mol. The van der Waals surface area contributed by atoms with Crippen LogP contribution in [0.15, 0.2) is 0 Å². The molecule has 0 N–H and O–H groups in total. The van der Waals surface area contributed by atoms with Crippen LogP contribution in [-0.2, 0) is 0 Å². The van der Waals surface area contributed by atoms with Gasteiger partial charge in [0.1, 0.15) is 0 Å². The van der Waals surface area contributed by atoms with Crippen molar-refractivity contribution in [1.29, 1.82) is 0 Å². The van der Waals surface area contributed by atoms with Gasteiger partial charge in [-0.1, -0.05) is 34.6 Å². The second-order valence-electron chi connectivity index (χ2n) is 2.92. The molecule has 1 aliphatic carbocycles. The van der Waals surface area contributed by atoms with Gasteiger partial charge in [0.05, 0.1) is 0 Å². The van der Waals surface area contributed by atoms with E-state index in [1.54, 1.807) is 0 Å². The van der Waals surface area contributed by atoms with E-state index in [-0.39, 0.29) is 0 Å². The first kappa shape index (κ1) is 15.4. The van der Waals surface area contributed by atoms with Gasteiger partial charge in [-0.2, -0.15) is 12.6 Å². The molecule has 3 unspecified atom stereocenters. The fourth-order valence-corrected chi connectivity index (χ4v) is 2.01. The highest BCUT2D eigenvalue weighted by atomic mass is 32.1. The first-order valence-electron chi connectivity index (χ1n) is 5.38. The normalized spacial score (nSPS) is 30.4. The highest BCUT2D eigenvalue weighted by Crippen LogP contribution is 2.33. The van der Waals surface area contributed by atoms with E-state index in [0.717, 1.165) is 5.92 Å². The molecule has 3 atom stereocenters. The van der Waals surface area contributed by atoms with Gasteiger partial charge in [0.25, 0.3) is 0 Å². The van der Waals surface area contributed by atoms with Crippen molar-refractivity contribution in [3.63, 3.8) is 0 Å². The van der Waals surface area contributed by atoms with Crippen LogP contribution in [0.25, 0.3) is 0 Å². The second kappa shape index (κ2) is 9.99. The zero-order chi connectivity index (χ0) is 10.9. The van der Waals surface area contributed by atoms with E-state index in [9.17, 15) is 0 Å². The van der Waals surface area contributed by atoms with E-state index >= 15 is 0 Å². The van der Waals surface area contributed by atoms with Gasteiger partial charge < -0.3 is 0 Å². The third-order valence-corrected chi connectivity index (χ3v) is 2.55. The third-order valence-electron chi connectivity index (χ3n) is 1.98. The second-order valence-corrected chi connectivity index (χ2v) is 3.58. The van der Waals surface area contributed by atoms with Crippen LogP contribution in [0.1, 0.15) is 47.5 Å². The summed E-state index contributed by atoms with van der Waals surface area (Å²) in [5, 5.41) is 0.463. The number of terminal acetylenes is 1. The van der Waals surface area contributed by atoms with Crippen LogP contribution in [0.3, 0.4) is 0 Å². The Hall–Kier alpha value is -0.0900. The molecule has 0 spiro atoms. The summed E-state index contributed by atoms with van der Waals surface area (Å²) < 4.78 is 0. The summed E-state index contributed by atoms with van der Waals surface area (Å²) >= 11 is 4.38. The van der Waals surface area contributed by atoms with Gasteiger partial charge in [0, 0.05) is 11.2 Å². The highest BCUT2D eigenvalue weighted by molar-refractivity contribution is 7.81. The summed E-state index contributed by atoms with van der Waals surface area (Å²) in [6.45, 7) is 10.2. The lowest BCUT2D eigenvalue weighted by Crippen LogP contribution is -2.02. The Morgan fingerprint density at radius 3 is 1.77 bits per heavy atom. The van der Waals surface area contributed by atoms with Crippen LogP contribution in [-0.4, -0.2) is 5.25 Å². The number of hydrogen-bond acceptors (Lipinski definition) is 1. The van der Waals surface area contributed by atoms with E-state index in [1.165, 1.54) is 12.8 Å². The van der Waals surface area contributed by atoms with Crippen molar-refractivity contribution in [2.24, 2.45) is 11.8 Å². The van der Waals surface area contributed by atoms with Crippen LogP contribution in [0.4, 0.5) is 0 Å². The van der Waals surface area contributed by atoms with Crippen LogP contribution < -0.4 is 0 Å². The maximum Gasteiger partial charge on any atom is 0.0319 e. The van der Waals surface area contributed by atoms with Gasteiger partial charge in [-0.3, -0.25) is 0 Å². The Kier molecular flexibility index (Phi) is 11.8. The Morgan fingerprint density at radius 2 is 1.62 bits per heavy atom. The highest BCUT2D eigenvalue weighted by Gasteiger charge is 2.27. The minimum Gasteiger partial charge on any atom is -0.175 e. The van der Waals surface area contributed by atoms with Gasteiger partial charge in [-0.15, -0.1) is 12.3 Å². The van der Waals surface area contributed by atoms with E-state index < -0.39 is 0 Å². The molecule has 0 amide bonds. The molecule has 0 heterocycles. The predicted octanol–water partition coefficient (Wildman–Crippen LogP) is 4.02. The van der Waals surface area contributed by atoms with E-state index in [2.05, 4.69) is 25.5 Å². The summed E-state index contributed by atoms with van der Waals surface area (Å²) in [5.41, 5.74) is 0. The molecule has 1 aliphatic rings. The molecule has 0 nitrogen and oxygen atoms in total. The Morgan fingerprint density at radius 1 is 1.15 bits per heavy atom. The molecular formula is C12H24S. The molecule has 1 rings (SSSR count). The van der Waals surface area contributed by atoms with Crippen molar-refractivity contribution >= 4 is 12.6 Å². The quantitative estimate of drug-likeness (QED) is 0.443. The molecule has 0 aromatic carbocycles. The fourth-order valence-electron chi connectivity index (χ4n) is 1.44. The first-order valence-corrected chi connectivity index (χ1v) is 5.90. The standard InChI is InChI=1S/C8H12S.2C2H6/c1-3-7-4-6(2)5-8(7)9;2*1-2/h1,6-9H,4-5H2,2H3;2*1-2H3. The summed E-state index contributed by atoms with van der Waals surface area (Å²) in [4.78, 5) is 0. The minimum absolute atomic E-state index is 0.434. The molecule has 0 saturated heterocycles. The summed E-state index contributed by atoms with van der Waals surface area (Å²) in [6.07, 6.45) is 7.65. The zero-order valence-electron chi connectivity index (χ0n) is 9.67. The molecule has 1 heteroatoms. The molecule has 0 aliphatic heterocycles. The molecule has 0 aromatic rings. The number of rotatable bonds is 0. The van der Waals surface area contributed by atoms with Crippen LogP contribution in [0.5, 0.6) is 0 Å². The molecule has 78 valence electrons. The molecule has 1 saturated carbocycles. The lowest BCUT2D eigenvalue weighted by Gasteiger charge is -2.03. The lowest BCUT2D eigenvalue weighted by atomic mass is 10.1. The van der Waals surface area contributed by atoms with Gasteiger partial charge in [0.2, 0.25) is 0 Å². The predicted molar refractivity (Wildman–Crippen MR) is 66.2 cm³/mol. The average molecular weight is 200 g/mol. The topological polar surface area (TPSA) is 0 Å². The summed E-state index contributed by atoms with van der Waals surface area (Å²) in [7, 11) is 0. The van der Waals surface area contributed by atoms with Crippen molar-refractivity contribution < 1.29 is 0 Å². The number of hydrogen-bond donors (Lipinski definition) is 1. The molecule has 13 heavy (non-hydrogen) atoms. The molecule has 0 bridgehead atoms. The Bertz CT molecular complexity index is 135. The van der Waals surface area contributed by atoms with E-state index in [0.29, 0.717) is 11.2 Å². The Labute approximate surface area is 89.9 Å². The van der Waals surface area contributed by atoms with Crippen LogP contribution in [0.2, 0.25) is 0 Å². The smallest absolute Gasteiger partial charge is 0.0319 e. The maximum atomic E-state index is 5.29. The van der Waals surface area contributed by atoms with Gasteiger partial charge >= 0.3 is 0 Å². The monoisotopic (exact) mass is 200 g/mol. The average Bonchev–Trinajstić information content (AvgIpc) is 2.51. The van der Waals surface area contributed by atoms with Gasteiger partial charge in [-0.05, 0) is 18.8 Å². The van der Waals surface area contributed by atoms with Gasteiger partial charge in [-0.25, -0.2) is 0 Å². The van der Waals surface area contributed by atoms with Crippen molar-refractivity contribution in [2.75, 3.05) is 0 Å². The summed E-state index contributed by atoms with van der Waals surface area (Å²) in [5.74, 6) is 3.99. The molecule has 0 radical (unpaired) electrons.